The number of benzene rings is 3. The number of hydrogen-bond acceptors (Lipinski definition) is 12. The van der Waals surface area contributed by atoms with Crippen LogP contribution < -0.4 is 24.6 Å². The van der Waals surface area contributed by atoms with Crippen molar-refractivity contribution in [1.29, 1.82) is 4.78 Å². The lowest BCUT2D eigenvalue weighted by atomic mass is 9.72. The molecule has 1 amide bonds. The summed E-state index contributed by atoms with van der Waals surface area (Å²) in [5.74, 6) is 0.410. The number of sulfonamides is 1. The van der Waals surface area contributed by atoms with Crippen molar-refractivity contribution in [2.24, 2.45) is 11.3 Å². The number of anilines is 4. The molecule has 0 saturated carbocycles. The molecule has 19 heteroatoms. The van der Waals surface area contributed by atoms with E-state index in [0.717, 1.165) is 74.1 Å². The van der Waals surface area contributed by atoms with Gasteiger partial charge in [-0.15, -0.1) is 10.1 Å². The van der Waals surface area contributed by atoms with Crippen molar-refractivity contribution in [3.8, 4) is 5.88 Å². The number of nitrogens with one attached hydrogen (secondary N) is 4. The minimum absolute atomic E-state index is 0.0900. The zero-order valence-corrected chi connectivity index (χ0v) is 39.5. The topological polar surface area (TPSA) is 210 Å². The highest BCUT2D eigenvalue weighted by atomic mass is 35.5. The summed E-state index contributed by atoms with van der Waals surface area (Å²) in [6, 6.07) is 20.9. The molecule has 5 heterocycles. The van der Waals surface area contributed by atoms with Gasteiger partial charge in [-0.1, -0.05) is 43.2 Å². The van der Waals surface area contributed by atoms with Gasteiger partial charge in [0.1, 0.15) is 23.6 Å². The average molecular weight is 959 g/mol. The highest BCUT2D eigenvalue weighted by molar-refractivity contribution is 7.98. The molecular formula is C47H56ClN9O7S2. The van der Waals surface area contributed by atoms with E-state index in [1.165, 1.54) is 28.8 Å². The number of amides is 1. The first-order valence-corrected chi connectivity index (χ1v) is 26.4. The number of hydrogen-bond donors (Lipinski definition) is 6. The van der Waals surface area contributed by atoms with Crippen LogP contribution in [0.1, 0.15) is 61.9 Å². The minimum Gasteiger partial charge on any atom is -0.474 e. The first-order valence-electron chi connectivity index (χ1n) is 22.4. The third-order valence-corrected chi connectivity index (χ3v) is 17.0. The minimum atomic E-state index is -4.60. The Hall–Kier alpha value is -5.53. The summed E-state index contributed by atoms with van der Waals surface area (Å²) >= 11 is 6.26. The van der Waals surface area contributed by atoms with Gasteiger partial charge in [0.2, 0.25) is 5.88 Å². The van der Waals surface area contributed by atoms with Gasteiger partial charge in [0.25, 0.3) is 21.6 Å². The third kappa shape index (κ3) is 9.93. The largest absolute Gasteiger partial charge is 0.474 e. The molecule has 16 nitrogen and oxygen atoms in total. The quantitative estimate of drug-likeness (QED) is 0.0395. The normalized spacial score (nSPS) is 20.3. The summed E-state index contributed by atoms with van der Waals surface area (Å²) in [4.78, 5) is 40.0. The summed E-state index contributed by atoms with van der Waals surface area (Å²) in [6.45, 7) is 9.66. The van der Waals surface area contributed by atoms with Crippen LogP contribution in [0.4, 0.5) is 28.4 Å². The number of piperazine rings is 1. The van der Waals surface area contributed by atoms with Crippen LogP contribution in [0.3, 0.4) is 0 Å². The number of ether oxygens (including phenoxy) is 1. The number of pyridine rings is 1. The molecule has 0 atom stereocenters. The van der Waals surface area contributed by atoms with E-state index < -0.39 is 41.5 Å². The Morgan fingerprint density at radius 3 is 2.53 bits per heavy atom. The molecule has 9 rings (SSSR count). The number of halogens is 1. The van der Waals surface area contributed by atoms with Crippen molar-refractivity contribution in [2.45, 2.75) is 50.8 Å². The number of fused-ring (bicyclic) bond motifs is 2. The molecule has 350 valence electrons. The van der Waals surface area contributed by atoms with Crippen molar-refractivity contribution < 1.29 is 27.4 Å². The summed E-state index contributed by atoms with van der Waals surface area (Å²) in [5.41, 5.74) is 6.70. The Balaban J connectivity index is 0.965. The highest BCUT2D eigenvalue weighted by Gasteiger charge is 2.32. The standard InChI is InChI=1S/C47H56ClN9O7S2/c1-47(2)15-11-34(39(28-47)32-3-5-35(48)6-4-32)30-54-17-19-55(20-18-54)36-7-9-38(41(26-36)56-21-22-64-46-43(56)25-33-12-16-50-44(33)52-46)45(58)53-66(62,63)37-8-10-40(42(27-37)57(59)60)51-29-31-13-23-65(49,61)24-14-31/h3-10,12,16,25-27,31,51,65H,11,13-15,17-24,28-30H2,1-2H3,(H2,49,61)(H,50,52)(H,53,58). The SMILES string of the molecule is CC1(C)CCC(CN2CCN(c3ccc(C(=O)NS(=O)(=O)c4ccc(NCC5CC[SH](=N)(O)CC5)c([N+](=O)[O-])c4)c(N4CCOc5nc6[nH]ccc6cc54)c3)CC2)=C(c2ccc(Cl)cc2)C1. The van der Waals surface area contributed by atoms with E-state index in [4.69, 9.17) is 21.1 Å². The van der Waals surface area contributed by atoms with E-state index in [2.05, 4.69) is 55.8 Å². The first kappa shape index (κ1) is 45.6. The van der Waals surface area contributed by atoms with E-state index >= 15 is 0 Å². The maximum absolute atomic E-state index is 14.3. The number of aromatic nitrogens is 2. The lowest BCUT2D eigenvalue weighted by Gasteiger charge is -2.39. The number of nitro groups is 1. The molecule has 0 spiro atoms. The molecule has 4 aliphatic rings. The van der Waals surface area contributed by atoms with Crippen LogP contribution >= 0.6 is 11.6 Å². The van der Waals surface area contributed by atoms with Gasteiger partial charge in [-0.25, -0.2) is 13.1 Å². The van der Waals surface area contributed by atoms with Gasteiger partial charge in [-0.3, -0.25) is 24.6 Å². The fraction of sp³-hybridized carbons (Fsp3) is 0.404. The molecule has 5 N–H and O–H groups in total. The Morgan fingerprint density at radius 2 is 1.79 bits per heavy atom. The number of H-pyrrole nitrogens is 1. The van der Waals surface area contributed by atoms with Crippen LogP contribution in [0, 0.1) is 26.2 Å². The average Bonchev–Trinajstić information content (AvgIpc) is 3.76. The molecule has 2 saturated heterocycles. The number of rotatable bonds is 12. The molecule has 3 aromatic carbocycles. The van der Waals surface area contributed by atoms with Gasteiger partial charge >= 0.3 is 0 Å². The second kappa shape index (κ2) is 18.3. The van der Waals surface area contributed by atoms with Gasteiger partial charge in [-0.2, -0.15) is 4.98 Å². The van der Waals surface area contributed by atoms with E-state index in [1.807, 2.05) is 41.3 Å². The summed E-state index contributed by atoms with van der Waals surface area (Å²) in [6.07, 6.45) is 6.22. The summed E-state index contributed by atoms with van der Waals surface area (Å²) in [7, 11) is -7.22. The highest BCUT2D eigenvalue weighted by Crippen LogP contribution is 2.44. The van der Waals surface area contributed by atoms with Gasteiger partial charge in [0.05, 0.1) is 27.6 Å². The van der Waals surface area contributed by atoms with Crippen LogP contribution in [0.2, 0.25) is 5.02 Å². The monoisotopic (exact) mass is 957 g/mol. The lowest BCUT2D eigenvalue weighted by molar-refractivity contribution is -0.384. The van der Waals surface area contributed by atoms with Crippen molar-refractivity contribution in [1.82, 2.24) is 19.6 Å². The Morgan fingerprint density at radius 1 is 1.03 bits per heavy atom. The molecule has 66 heavy (non-hydrogen) atoms. The van der Waals surface area contributed by atoms with Gasteiger partial charge in [0, 0.05) is 79.1 Å². The third-order valence-electron chi connectivity index (χ3n) is 13.5. The smallest absolute Gasteiger partial charge is 0.293 e. The predicted octanol–water partition coefficient (Wildman–Crippen LogP) is 8.50. The second-order valence-electron chi connectivity index (χ2n) is 18.7. The molecule has 3 aliphatic heterocycles. The van der Waals surface area contributed by atoms with E-state index in [0.29, 0.717) is 60.3 Å². The maximum atomic E-state index is 14.3. The lowest BCUT2D eigenvalue weighted by Crippen LogP contribution is -2.47. The number of carbonyl (C=O) groups excluding carboxylic acids is 1. The fourth-order valence-corrected chi connectivity index (χ4v) is 12.5. The van der Waals surface area contributed by atoms with E-state index in [-0.39, 0.29) is 29.2 Å². The summed E-state index contributed by atoms with van der Waals surface area (Å²) in [5, 5.41) is 16.9. The molecular weight excluding hydrogens is 902 g/mol. The first-order chi connectivity index (χ1) is 31.5. The molecule has 1 aliphatic carbocycles. The summed E-state index contributed by atoms with van der Waals surface area (Å²) < 4.78 is 54.1. The van der Waals surface area contributed by atoms with E-state index in [9.17, 15) is 27.9 Å². The maximum Gasteiger partial charge on any atom is 0.293 e. The number of thiol groups is 1. The second-order valence-corrected chi connectivity index (χ2v) is 23.5. The van der Waals surface area contributed by atoms with Crippen LogP contribution in [0.25, 0.3) is 16.6 Å². The fourth-order valence-electron chi connectivity index (χ4n) is 9.61. The van der Waals surface area contributed by atoms with Gasteiger partial charge in [-0.05, 0) is 109 Å². The van der Waals surface area contributed by atoms with Gasteiger partial charge < -0.3 is 29.4 Å². The van der Waals surface area contributed by atoms with Crippen LogP contribution in [0.15, 0.2) is 89.5 Å². The zero-order chi connectivity index (χ0) is 46.4. The molecule has 2 aromatic heterocycles. The molecule has 0 unspecified atom stereocenters. The number of nitrogens with zero attached hydrogens (tertiary/aromatic N) is 5. The van der Waals surface area contributed by atoms with Crippen molar-refractivity contribution in [2.75, 3.05) is 79.0 Å². The van der Waals surface area contributed by atoms with Crippen LogP contribution in [-0.4, -0.2) is 103 Å². The number of nitro benzene ring substituents is 1. The van der Waals surface area contributed by atoms with Crippen LogP contribution in [0.5, 0.6) is 5.88 Å². The van der Waals surface area contributed by atoms with Crippen molar-refractivity contribution in [3.63, 3.8) is 0 Å². The number of carbonyl (C=O) groups is 1. The van der Waals surface area contributed by atoms with Gasteiger partial charge in [0.15, 0.2) is 0 Å². The molecule has 0 radical (unpaired) electrons. The molecule has 5 aromatic rings. The zero-order valence-electron chi connectivity index (χ0n) is 37.1. The Labute approximate surface area is 390 Å². The number of allylic oxidation sites excluding steroid dienone is 1. The number of aromatic amines is 1. The molecule has 2 fully saturated rings. The van der Waals surface area contributed by atoms with E-state index in [1.54, 1.807) is 12.3 Å². The Bertz CT molecular complexity index is 2870. The van der Waals surface area contributed by atoms with Crippen LogP contribution in [-0.2, 0) is 20.1 Å². The van der Waals surface area contributed by atoms with Crippen molar-refractivity contribution >= 4 is 82.7 Å². The van der Waals surface area contributed by atoms with Crippen molar-refractivity contribution in [3.05, 3.63) is 111 Å². The Kier molecular flexibility index (Phi) is 12.6. The molecule has 0 bridgehead atoms. The predicted molar refractivity (Wildman–Crippen MR) is 262 cm³/mol.